The summed E-state index contributed by atoms with van der Waals surface area (Å²) in [6.07, 6.45) is -7.79. The summed E-state index contributed by atoms with van der Waals surface area (Å²) >= 11 is 0. The van der Waals surface area contributed by atoms with Gasteiger partial charge in [-0.3, -0.25) is 23.9 Å². The number of fused-ring (bicyclic) bond motifs is 1. The van der Waals surface area contributed by atoms with Crippen LogP contribution in [-0.4, -0.2) is 60.8 Å². The van der Waals surface area contributed by atoms with Crippen LogP contribution in [0.4, 0.5) is 18.9 Å². The Bertz CT molecular complexity index is 2050. The Kier molecular flexibility index (Phi) is 10.2. The van der Waals surface area contributed by atoms with Crippen LogP contribution in [0.3, 0.4) is 0 Å². The number of aromatic nitrogens is 2. The Morgan fingerprint density at radius 3 is 2.08 bits per heavy atom. The zero-order valence-corrected chi connectivity index (χ0v) is 30.7. The maximum atomic E-state index is 13.0. The van der Waals surface area contributed by atoms with Gasteiger partial charge in [-0.2, -0.15) is 13.2 Å². The van der Waals surface area contributed by atoms with Crippen molar-refractivity contribution in [1.82, 2.24) is 9.55 Å². The highest BCUT2D eigenvalue weighted by atomic mass is 28.4. The van der Waals surface area contributed by atoms with E-state index in [-0.39, 0.29) is 24.3 Å². The molecule has 6 rings (SSSR count). The van der Waals surface area contributed by atoms with E-state index in [1.54, 1.807) is 0 Å². The summed E-state index contributed by atoms with van der Waals surface area (Å²) in [6, 6.07) is 25.4. The van der Waals surface area contributed by atoms with Crippen LogP contribution in [0.5, 0.6) is 0 Å². The number of alkyl halides is 3. The van der Waals surface area contributed by atoms with Crippen molar-refractivity contribution in [2.24, 2.45) is 0 Å². The highest BCUT2D eigenvalue weighted by molar-refractivity contribution is 6.99. The maximum Gasteiger partial charge on any atom is 0.471 e. The van der Waals surface area contributed by atoms with Gasteiger partial charge in [0, 0.05) is 30.8 Å². The molecule has 2 aliphatic heterocycles. The summed E-state index contributed by atoms with van der Waals surface area (Å²) < 4.78 is 66.8. The monoisotopic (exact) mass is 751 g/mol. The molecule has 0 aliphatic carbocycles. The van der Waals surface area contributed by atoms with Crippen LogP contribution >= 0.6 is 0 Å². The molecule has 0 saturated carbocycles. The number of aryl methyl sites for hydroxylation is 1. The summed E-state index contributed by atoms with van der Waals surface area (Å²) in [5.74, 6) is -2.76. The minimum Gasteiger partial charge on any atom is -0.457 e. The fraction of sp³-hybridized carbons (Fsp3) is 0.368. The lowest BCUT2D eigenvalue weighted by Gasteiger charge is -2.43. The van der Waals surface area contributed by atoms with E-state index >= 15 is 0 Å². The molecule has 0 spiro atoms. The molecule has 3 heterocycles. The third-order valence-corrected chi connectivity index (χ3v) is 14.8. The van der Waals surface area contributed by atoms with Gasteiger partial charge in [0.15, 0.2) is 6.10 Å². The van der Waals surface area contributed by atoms with Gasteiger partial charge >= 0.3 is 23.7 Å². The van der Waals surface area contributed by atoms with Crippen molar-refractivity contribution in [3.8, 4) is 0 Å². The standard InChI is InChI=1S/C38H40F3N3O8Si/c1-23-21-44(35(48)43-33(23)46)30-20-37(25-16-18-26(19-17-25)42-34(47)38(39,40)41)32(51-30)31(50-24(2)45)29(52-37)22-49-53(36(3,4)5,27-12-8-6-9-13-27)28-14-10-7-11-15-28/h6-19,21,29-32H,20,22H2,1-5H3,(H,42,47)(H,43,46,48)/t29-,30+,31-,32?,37+/m1/s1. The van der Waals surface area contributed by atoms with Gasteiger partial charge in [0.1, 0.15) is 24.0 Å². The molecule has 280 valence electrons. The molecular formula is C38H40F3N3O8Si. The summed E-state index contributed by atoms with van der Waals surface area (Å²) in [4.78, 5) is 51.9. The normalized spacial score (nSPS) is 23.0. The molecule has 4 aromatic rings. The quantitative estimate of drug-likeness (QED) is 0.189. The topological polar surface area (TPSA) is 138 Å². The van der Waals surface area contributed by atoms with Crippen LogP contribution < -0.4 is 26.9 Å². The lowest BCUT2D eigenvalue weighted by atomic mass is 9.85. The zero-order valence-electron chi connectivity index (χ0n) is 29.7. The van der Waals surface area contributed by atoms with Crippen LogP contribution in [0, 0.1) is 6.92 Å². The molecule has 11 nitrogen and oxygen atoms in total. The molecule has 3 aromatic carbocycles. The van der Waals surface area contributed by atoms with Crippen molar-refractivity contribution in [2.75, 3.05) is 11.9 Å². The Morgan fingerprint density at radius 1 is 0.962 bits per heavy atom. The average molecular weight is 752 g/mol. The van der Waals surface area contributed by atoms with Crippen LogP contribution in [0.15, 0.2) is 101 Å². The number of hydrogen-bond acceptors (Lipinski definition) is 8. The predicted octanol–water partition coefficient (Wildman–Crippen LogP) is 4.44. The molecule has 1 unspecified atom stereocenters. The molecule has 1 amide bonds. The van der Waals surface area contributed by atoms with Crippen LogP contribution in [0.2, 0.25) is 5.04 Å². The van der Waals surface area contributed by atoms with Gasteiger partial charge in [0.2, 0.25) is 0 Å². The number of amides is 1. The number of carbonyl (C=O) groups excluding carboxylic acids is 2. The van der Waals surface area contributed by atoms with Gasteiger partial charge in [-0.15, -0.1) is 0 Å². The van der Waals surface area contributed by atoms with E-state index in [1.165, 1.54) is 48.9 Å². The van der Waals surface area contributed by atoms with E-state index in [0.717, 1.165) is 10.4 Å². The molecular weight excluding hydrogens is 712 g/mol. The van der Waals surface area contributed by atoms with E-state index in [4.69, 9.17) is 18.6 Å². The van der Waals surface area contributed by atoms with Crippen LogP contribution in [0.25, 0.3) is 0 Å². The third-order valence-electron chi connectivity index (χ3n) is 9.80. The first-order chi connectivity index (χ1) is 25.0. The number of esters is 1. The van der Waals surface area contributed by atoms with Gasteiger partial charge in [0.25, 0.3) is 13.9 Å². The lowest BCUT2D eigenvalue weighted by molar-refractivity contribution is -0.167. The average Bonchev–Trinajstić information content (AvgIpc) is 3.61. The number of halogens is 3. The Balaban J connectivity index is 1.43. The maximum absolute atomic E-state index is 13.0. The summed E-state index contributed by atoms with van der Waals surface area (Å²) in [6.45, 7) is 9.09. The Hall–Kier alpha value is -4.83. The summed E-state index contributed by atoms with van der Waals surface area (Å²) in [5.41, 5.74) is -2.17. The first-order valence-corrected chi connectivity index (χ1v) is 18.9. The number of H-pyrrole nitrogens is 1. The van der Waals surface area contributed by atoms with Crippen molar-refractivity contribution in [3.63, 3.8) is 0 Å². The molecule has 0 bridgehead atoms. The van der Waals surface area contributed by atoms with E-state index < -0.39 is 72.8 Å². The lowest BCUT2D eigenvalue weighted by Crippen LogP contribution is -2.67. The third kappa shape index (κ3) is 7.13. The number of rotatable bonds is 9. The summed E-state index contributed by atoms with van der Waals surface area (Å²) in [5, 5.41) is 3.45. The first-order valence-electron chi connectivity index (χ1n) is 17.0. The minimum atomic E-state index is -5.10. The SMILES string of the molecule is CC(=O)O[C@H]1C2O[C@H](n3cc(C)c(=O)[nH]c3=O)C[C@@]2(c2ccc(NC(=O)C(F)(F)F)cc2)O[C@@H]1CO[Si](c1ccccc1)(c1ccccc1)C(C)(C)C. The van der Waals surface area contributed by atoms with Crippen molar-refractivity contribution >= 4 is 36.3 Å². The molecule has 5 atom stereocenters. The molecule has 53 heavy (non-hydrogen) atoms. The second-order valence-electron chi connectivity index (χ2n) is 14.3. The van der Waals surface area contributed by atoms with Crippen molar-refractivity contribution in [2.45, 2.75) is 82.4 Å². The number of hydrogen-bond donors (Lipinski definition) is 2. The second-order valence-corrected chi connectivity index (χ2v) is 18.6. The highest BCUT2D eigenvalue weighted by Gasteiger charge is 2.64. The first kappa shape index (κ1) is 37.9. The number of carbonyl (C=O) groups is 2. The van der Waals surface area contributed by atoms with E-state index in [2.05, 4.69) is 25.8 Å². The Labute approximate surface area is 304 Å². The number of ether oxygens (including phenoxy) is 3. The van der Waals surface area contributed by atoms with Gasteiger partial charge in [-0.25, -0.2) is 4.79 Å². The van der Waals surface area contributed by atoms with E-state index in [0.29, 0.717) is 5.56 Å². The molecule has 0 radical (unpaired) electrons. The fourth-order valence-corrected chi connectivity index (χ4v) is 12.0. The van der Waals surface area contributed by atoms with E-state index in [9.17, 15) is 32.3 Å². The fourth-order valence-electron chi connectivity index (χ4n) is 7.47. The van der Waals surface area contributed by atoms with Gasteiger partial charge in [0.05, 0.1) is 6.61 Å². The van der Waals surface area contributed by atoms with Crippen molar-refractivity contribution in [3.05, 3.63) is 123 Å². The van der Waals surface area contributed by atoms with Crippen molar-refractivity contribution in [1.29, 1.82) is 0 Å². The van der Waals surface area contributed by atoms with E-state index in [1.807, 2.05) is 66.0 Å². The minimum absolute atomic E-state index is 0.0230. The molecule has 2 N–H and O–H groups in total. The zero-order chi connectivity index (χ0) is 38.3. The number of nitrogens with one attached hydrogen (secondary N) is 2. The molecule has 15 heteroatoms. The van der Waals surface area contributed by atoms with Crippen LogP contribution in [0.1, 0.15) is 51.5 Å². The number of anilines is 1. The number of nitrogens with zero attached hydrogens (tertiary/aromatic N) is 1. The number of benzene rings is 3. The largest absolute Gasteiger partial charge is 0.471 e. The van der Waals surface area contributed by atoms with Crippen molar-refractivity contribution < 1.29 is 41.4 Å². The highest BCUT2D eigenvalue weighted by Crippen LogP contribution is 2.54. The smallest absolute Gasteiger partial charge is 0.457 e. The Morgan fingerprint density at radius 2 is 1.55 bits per heavy atom. The predicted molar refractivity (Wildman–Crippen MR) is 191 cm³/mol. The second kappa shape index (κ2) is 14.2. The van der Waals surface area contributed by atoms with Crippen LogP contribution in [-0.2, 0) is 33.8 Å². The summed E-state index contributed by atoms with van der Waals surface area (Å²) in [7, 11) is -3.12. The molecule has 1 aromatic heterocycles. The molecule has 2 aliphatic rings. The number of aromatic amines is 1. The van der Waals surface area contributed by atoms with Gasteiger partial charge < -0.3 is 24.0 Å². The molecule has 2 fully saturated rings. The molecule has 2 saturated heterocycles. The van der Waals surface area contributed by atoms with Gasteiger partial charge in [-0.1, -0.05) is 93.6 Å². The van der Waals surface area contributed by atoms with Gasteiger partial charge in [-0.05, 0) is 40.0 Å².